The highest BCUT2D eigenvalue weighted by Crippen LogP contribution is 2.14. The van der Waals surface area contributed by atoms with Crippen molar-refractivity contribution in [2.45, 2.75) is 39.7 Å². The predicted octanol–water partition coefficient (Wildman–Crippen LogP) is 1.85. The molecule has 0 aliphatic heterocycles. The van der Waals surface area contributed by atoms with Gasteiger partial charge in [-0.15, -0.1) is 0 Å². The fraction of sp³-hybridized carbons (Fsp3) is 0.400. The number of carboxylic acids is 1. The summed E-state index contributed by atoms with van der Waals surface area (Å²) < 4.78 is 5.50. The predicted molar refractivity (Wildman–Crippen MR) is 104 cm³/mol. The number of fused-ring (bicyclic) bond motifs is 1. The molecule has 0 bridgehead atoms. The minimum Gasteiger partial charge on any atom is -0.477 e. The molecule has 0 unspecified atom stereocenters. The van der Waals surface area contributed by atoms with E-state index >= 15 is 0 Å². The van der Waals surface area contributed by atoms with Crippen LogP contribution in [0.2, 0.25) is 0 Å². The number of rotatable bonds is 8. The molecule has 0 atom stereocenters. The highest BCUT2D eigenvalue weighted by Gasteiger charge is 2.19. The lowest BCUT2D eigenvalue weighted by atomic mass is 10.1. The van der Waals surface area contributed by atoms with Crippen molar-refractivity contribution in [1.82, 2.24) is 9.97 Å². The molecular formula is C20H27N4O3+. The Kier molecular flexibility index (Phi) is 6.76. The van der Waals surface area contributed by atoms with Crippen molar-refractivity contribution in [3.63, 3.8) is 0 Å². The zero-order chi connectivity index (χ0) is 20.0. The van der Waals surface area contributed by atoms with Gasteiger partial charge in [-0.2, -0.15) is 0 Å². The lowest BCUT2D eigenvalue weighted by Crippen LogP contribution is -2.79. The number of ether oxygens (including phenoxy) is 1. The lowest BCUT2D eigenvalue weighted by molar-refractivity contribution is -0.587. The summed E-state index contributed by atoms with van der Waals surface area (Å²) in [5, 5.41) is 20.1. The number of pyridine rings is 2. The highest BCUT2D eigenvalue weighted by atomic mass is 16.5. The molecule has 27 heavy (non-hydrogen) atoms. The van der Waals surface area contributed by atoms with Gasteiger partial charge in [0.25, 0.3) is 0 Å². The average molecular weight is 371 g/mol. The third kappa shape index (κ3) is 6.23. The van der Waals surface area contributed by atoms with E-state index in [1.54, 1.807) is 11.5 Å². The number of aryl methyl sites for hydroxylation is 1. The summed E-state index contributed by atoms with van der Waals surface area (Å²) in [6, 6.07) is 5.92. The number of carboxylic acid groups (broad SMARTS) is 1. The molecule has 0 aliphatic rings. The Bertz CT molecular complexity index is 869. The van der Waals surface area contributed by atoms with Crippen LogP contribution in [0.1, 0.15) is 32.0 Å². The second kappa shape index (κ2) is 8.83. The second-order valence-corrected chi connectivity index (χ2v) is 7.32. The van der Waals surface area contributed by atoms with E-state index in [-0.39, 0.29) is 17.9 Å². The Labute approximate surface area is 159 Å². The van der Waals surface area contributed by atoms with E-state index in [4.69, 9.17) is 10.1 Å². The monoisotopic (exact) mass is 371 g/mol. The topological polar surface area (TPSA) is 113 Å². The molecule has 2 aromatic rings. The highest BCUT2D eigenvalue weighted by molar-refractivity contribution is 6.18. The van der Waals surface area contributed by atoms with E-state index in [0.717, 1.165) is 28.7 Å². The smallest absolute Gasteiger partial charge is 0.343 e. The third-order valence-electron chi connectivity index (χ3n) is 3.95. The number of aliphatic carboxylic acids is 1. The largest absolute Gasteiger partial charge is 0.477 e. The van der Waals surface area contributed by atoms with E-state index < -0.39 is 11.6 Å². The van der Waals surface area contributed by atoms with Gasteiger partial charge in [0.2, 0.25) is 0 Å². The molecule has 0 fully saturated rings. The SMILES string of the molecule is Cc1nc2ncccc2cc1CC[NH2+]/C=C(\C(=N)COC(C)(C)C)C(=O)O. The van der Waals surface area contributed by atoms with Gasteiger partial charge in [-0.05, 0) is 51.5 Å². The Morgan fingerprint density at radius 3 is 2.81 bits per heavy atom. The maximum absolute atomic E-state index is 11.4. The van der Waals surface area contributed by atoms with Crippen molar-refractivity contribution in [3.05, 3.63) is 47.4 Å². The lowest BCUT2D eigenvalue weighted by Gasteiger charge is -2.19. The minimum atomic E-state index is -1.12. The number of hydrogen-bond donors (Lipinski definition) is 3. The van der Waals surface area contributed by atoms with Crippen LogP contribution in [0.3, 0.4) is 0 Å². The summed E-state index contributed by atoms with van der Waals surface area (Å²) in [5.74, 6) is -1.12. The van der Waals surface area contributed by atoms with E-state index in [0.29, 0.717) is 6.54 Å². The van der Waals surface area contributed by atoms with E-state index in [1.165, 1.54) is 6.20 Å². The molecule has 0 saturated heterocycles. The summed E-state index contributed by atoms with van der Waals surface area (Å²) in [5.41, 5.74) is 2.24. The first-order valence-corrected chi connectivity index (χ1v) is 8.87. The number of hydrogen-bond acceptors (Lipinski definition) is 5. The van der Waals surface area contributed by atoms with Crippen LogP contribution in [0.4, 0.5) is 0 Å². The summed E-state index contributed by atoms with van der Waals surface area (Å²) in [4.78, 5) is 20.2. The molecule has 2 heterocycles. The maximum atomic E-state index is 11.4. The Balaban J connectivity index is 1.99. The zero-order valence-electron chi connectivity index (χ0n) is 16.2. The Hall–Kier alpha value is -2.64. The van der Waals surface area contributed by atoms with Gasteiger partial charge in [0.05, 0.1) is 24.5 Å². The van der Waals surface area contributed by atoms with Crippen molar-refractivity contribution < 1.29 is 20.0 Å². The number of aromatic nitrogens is 2. The first kappa shape index (κ1) is 20.7. The summed E-state index contributed by atoms with van der Waals surface area (Å²) in [6.07, 6.45) is 3.94. The van der Waals surface area contributed by atoms with Gasteiger partial charge in [0.1, 0.15) is 11.8 Å². The van der Waals surface area contributed by atoms with Crippen molar-refractivity contribution in [1.29, 1.82) is 5.41 Å². The van der Waals surface area contributed by atoms with Gasteiger partial charge in [-0.3, -0.25) is 0 Å². The van der Waals surface area contributed by atoms with Crippen LogP contribution in [0, 0.1) is 12.3 Å². The van der Waals surface area contributed by atoms with Crippen LogP contribution in [0.15, 0.2) is 36.2 Å². The Morgan fingerprint density at radius 1 is 1.41 bits per heavy atom. The number of carbonyl (C=O) groups is 1. The third-order valence-corrected chi connectivity index (χ3v) is 3.95. The van der Waals surface area contributed by atoms with Crippen LogP contribution in [0.5, 0.6) is 0 Å². The van der Waals surface area contributed by atoms with E-state index in [9.17, 15) is 9.90 Å². The van der Waals surface area contributed by atoms with E-state index in [2.05, 4.69) is 16.0 Å². The van der Waals surface area contributed by atoms with Crippen molar-refractivity contribution >= 4 is 22.7 Å². The van der Waals surface area contributed by atoms with Gasteiger partial charge < -0.3 is 20.6 Å². The molecule has 144 valence electrons. The summed E-state index contributed by atoms with van der Waals surface area (Å²) >= 11 is 0. The number of nitrogens with one attached hydrogen (secondary N) is 1. The standard InChI is InChI=1S/C20H26N4O3/c1-13-14(10-15-6-5-8-23-18(15)24-13)7-9-22-11-16(19(25)26)17(21)12-27-20(2,3)4/h5-6,8,10-11,21-22H,7,9,12H2,1-4H3,(H,25,26)/p+1/b16-11+,21-17?. The maximum Gasteiger partial charge on any atom is 0.343 e. The molecule has 0 saturated carbocycles. The fourth-order valence-corrected chi connectivity index (χ4v) is 2.50. The zero-order valence-corrected chi connectivity index (χ0v) is 16.2. The molecule has 4 N–H and O–H groups in total. The molecule has 0 aromatic carbocycles. The van der Waals surface area contributed by atoms with Crippen LogP contribution < -0.4 is 5.32 Å². The molecule has 7 heteroatoms. The second-order valence-electron chi connectivity index (χ2n) is 7.32. The molecule has 0 aliphatic carbocycles. The van der Waals surface area contributed by atoms with Gasteiger partial charge >= 0.3 is 5.97 Å². The van der Waals surface area contributed by atoms with Gasteiger partial charge in [0.15, 0.2) is 5.65 Å². The molecule has 7 nitrogen and oxygen atoms in total. The average Bonchev–Trinajstić information content (AvgIpc) is 2.59. The van der Waals surface area contributed by atoms with Crippen LogP contribution in [-0.2, 0) is 16.0 Å². The Morgan fingerprint density at radius 2 is 2.15 bits per heavy atom. The van der Waals surface area contributed by atoms with Gasteiger partial charge in [0, 0.05) is 23.7 Å². The number of nitrogens with zero attached hydrogens (tertiary/aromatic N) is 2. The summed E-state index contributed by atoms with van der Waals surface area (Å²) in [7, 11) is 0. The van der Waals surface area contributed by atoms with Crippen LogP contribution >= 0.6 is 0 Å². The van der Waals surface area contributed by atoms with Crippen molar-refractivity contribution in [3.8, 4) is 0 Å². The van der Waals surface area contributed by atoms with Crippen molar-refractivity contribution in [2.75, 3.05) is 13.2 Å². The molecule has 0 spiro atoms. The van der Waals surface area contributed by atoms with E-state index in [1.807, 2.05) is 39.8 Å². The van der Waals surface area contributed by atoms with Gasteiger partial charge in [-0.25, -0.2) is 14.8 Å². The molecule has 2 aromatic heterocycles. The number of quaternary nitrogens is 1. The molecule has 0 radical (unpaired) electrons. The quantitative estimate of drug-likeness (QED) is 0.372. The van der Waals surface area contributed by atoms with Crippen LogP contribution in [0.25, 0.3) is 11.0 Å². The first-order chi connectivity index (χ1) is 12.7. The minimum absolute atomic E-state index is 0.0316. The first-order valence-electron chi connectivity index (χ1n) is 8.87. The van der Waals surface area contributed by atoms with Gasteiger partial charge in [-0.1, -0.05) is 0 Å². The molecular weight excluding hydrogens is 344 g/mol. The molecule has 2 rings (SSSR count). The summed E-state index contributed by atoms with van der Waals surface area (Å²) in [6.45, 7) is 8.17. The number of nitrogens with two attached hydrogens (primary N) is 1. The normalized spacial score (nSPS) is 12.4. The molecule has 0 amide bonds. The van der Waals surface area contributed by atoms with Crippen LogP contribution in [-0.4, -0.2) is 45.5 Å². The van der Waals surface area contributed by atoms with Crippen molar-refractivity contribution in [2.24, 2.45) is 0 Å². The fourth-order valence-electron chi connectivity index (χ4n) is 2.50.